The molecule has 1 fully saturated rings. The lowest BCUT2D eigenvalue weighted by atomic mass is 9.89. The van der Waals surface area contributed by atoms with Crippen molar-refractivity contribution in [1.82, 2.24) is 5.32 Å². The topological polar surface area (TPSA) is 12.0 Å². The van der Waals surface area contributed by atoms with Crippen molar-refractivity contribution in [1.29, 1.82) is 0 Å². The first-order chi connectivity index (χ1) is 4.93. The van der Waals surface area contributed by atoms with Crippen LogP contribution in [0.4, 0.5) is 0 Å². The Morgan fingerprint density at radius 3 is 2.50 bits per heavy atom. The van der Waals surface area contributed by atoms with Gasteiger partial charge < -0.3 is 5.32 Å². The predicted molar refractivity (Wildman–Crippen MR) is 48.4 cm³/mol. The lowest BCUT2D eigenvalue weighted by Crippen LogP contribution is -2.23. The number of thiol groups is 1. The van der Waals surface area contributed by atoms with E-state index >= 15 is 0 Å². The molecule has 60 valence electrons. The van der Waals surface area contributed by atoms with Crippen molar-refractivity contribution in [3.8, 4) is 0 Å². The van der Waals surface area contributed by atoms with Crippen LogP contribution in [0.1, 0.15) is 32.1 Å². The van der Waals surface area contributed by atoms with E-state index in [0.29, 0.717) is 0 Å². The maximum atomic E-state index is 4.11. The zero-order valence-electron chi connectivity index (χ0n) is 6.47. The highest BCUT2D eigenvalue weighted by atomic mass is 32.1. The molecular formula is C8H17NS. The second-order valence-electron chi connectivity index (χ2n) is 3.12. The van der Waals surface area contributed by atoms with Crippen LogP contribution in [0, 0.1) is 5.92 Å². The minimum atomic E-state index is 0.830. The van der Waals surface area contributed by atoms with E-state index in [2.05, 4.69) is 17.9 Å². The summed E-state index contributed by atoms with van der Waals surface area (Å²) in [4.78, 5) is 0. The van der Waals surface area contributed by atoms with Crippen LogP contribution in [0.5, 0.6) is 0 Å². The molecule has 1 nitrogen and oxygen atoms in total. The third-order valence-electron chi connectivity index (χ3n) is 2.27. The van der Waals surface area contributed by atoms with E-state index in [1.807, 2.05) is 0 Å². The molecule has 2 heteroatoms. The number of hydrogen-bond donors (Lipinski definition) is 2. The second-order valence-corrected chi connectivity index (χ2v) is 3.43. The third kappa shape index (κ3) is 2.93. The zero-order valence-corrected chi connectivity index (χ0v) is 7.37. The normalized spacial score (nSPS) is 21.3. The average Bonchev–Trinajstić information content (AvgIpc) is 2.03. The van der Waals surface area contributed by atoms with E-state index in [9.17, 15) is 0 Å². The van der Waals surface area contributed by atoms with Gasteiger partial charge in [-0.25, -0.2) is 0 Å². The first-order valence-corrected chi connectivity index (χ1v) is 4.88. The molecule has 1 rings (SSSR count). The highest BCUT2D eigenvalue weighted by molar-refractivity contribution is 7.80. The van der Waals surface area contributed by atoms with Crippen LogP contribution < -0.4 is 5.32 Å². The monoisotopic (exact) mass is 159 g/mol. The molecule has 0 heterocycles. The van der Waals surface area contributed by atoms with Crippen LogP contribution in [0.25, 0.3) is 0 Å². The summed E-state index contributed by atoms with van der Waals surface area (Å²) in [6.45, 7) is 1.18. The number of nitrogens with one attached hydrogen (secondary N) is 1. The summed E-state index contributed by atoms with van der Waals surface area (Å²) in [5.41, 5.74) is 0. The van der Waals surface area contributed by atoms with Crippen molar-refractivity contribution in [3.63, 3.8) is 0 Å². The molecule has 0 atom stereocenters. The molecule has 0 spiro atoms. The highest BCUT2D eigenvalue weighted by Gasteiger charge is 2.11. The Morgan fingerprint density at radius 2 is 1.90 bits per heavy atom. The van der Waals surface area contributed by atoms with E-state index in [0.717, 1.165) is 11.8 Å². The summed E-state index contributed by atoms with van der Waals surface area (Å²) in [5, 5.41) is 3.28. The molecule has 1 aliphatic rings. The van der Waals surface area contributed by atoms with Crippen molar-refractivity contribution < 1.29 is 0 Å². The van der Waals surface area contributed by atoms with Gasteiger partial charge in [-0.2, -0.15) is 12.6 Å². The quantitative estimate of drug-likeness (QED) is 0.474. The van der Waals surface area contributed by atoms with Crippen LogP contribution in [-0.4, -0.2) is 12.4 Å². The van der Waals surface area contributed by atoms with Gasteiger partial charge in [-0.05, 0) is 25.3 Å². The minimum absolute atomic E-state index is 0.830. The van der Waals surface area contributed by atoms with Crippen molar-refractivity contribution in [2.75, 3.05) is 12.4 Å². The summed E-state index contributed by atoms with van der Waals surface area (Å²) in [7, 11) is 0. The smallest absolute Gasteiger partial charge is 0.0387 e. The molecule has 0 aromatic carbocycles. The second kappa shape index (κ2) is 5.03. The Labute approximate surface area is 69.0 Å². The van der Waals surface area contributed by atoms with Gasteiger partial charge in [-0.3, -0.25) is 0 Å². The molecule has 0 bridgehead atoms. The fraction of sp³-hybridized carbons (Fsp3) is 1.00. The van der Waals surface area contributed by atoms with Gasteiger partial charge in [0.1, 0.15) is 0 Å². The standard InChI is InChI=1S/C8H17NS/c10-7-9-6-8-4-2-1-3-5-8/h8-10H,1-7H2. The van der Waals surface area contributed by atoms with Crippen LogP contribution in [0.15, 0.2) is 0 Å². The first kappa shape index (κ1) is 8.41. The molecule has 0 saturated heterocycles. The molecule has 0 radical (unpaired) electrons. The SMILES string of the molecule is SCNCC1CCCCC1. The van der Waals surface area contributed by atoms with E-state index < -0.39 is 0 Å². The molecular weight excluding hydrogens is 142 g/mol. The van der Waals surface area contributed by atoms with E-state index in [1.54, 1.807) is 0 Å². The summed E-state index contributed by atoms with van der Waals surface area (Å²) >= 11 is 4.11. The van der Waals surface area contributed by atoms with Crippen molar-refractivity contribution >= 4 is 12.6 Å². The fourth-order valence-corrected chi connectivity index (χ4v) is 1.79. The molecule has 10 heavy (non-hydrogen) atoms. The molecule has 0 aromatic heterocycles. The lowest BCUT2D eigenvalue weighted by Gasteiger charge is -2.21. The minimum Gasteiger partial charge on any atom is -0.308 e. The van der Waals surface area contributed by atoms with Crippen LogP contribution in [0.2, 0.25) is 0 Å². The van der Waals surface area contributed by atoms with Crippen molar-refractivity contribution in [3.05, 3.63) is 0 Å². The van der Waals surface area contributed by atoms with Gasteiger partial charge in [0.15, 0.2) is 0 Å². The van der Waals surface area contributed by atoms with Gasteiger partial charge in [0.05, 0.1) is 0 Å². The molecule has 0 aromatic rings. The summed E-state index contributed by atoms with van der Waals surface area (Å²) in [5.74, 6) is 1.78. The van der Waals surface area contributed by atoms with Crippen LogP contribution in [-0.2, 0) is 0 Å². The van der Waals surface area contributed by atoms with Crippen molar-refractivity contribution in [2.45, 2.75) is 32.1 Å². The van der Waals surface area contributed by atoms with E-state index in [4.69, 9.17) is 0 Å². The Kier molecular flexibility index (Phi) is 4.23. The highest BCUT2D eigenvalue weighted by Crippen LogP contribution is 2.22. The van der Waals surface area contributed by atoms with Gasteiger partial charge in [-0.15, -0.1) is 0 Å². The van der Waals surface area contributed by atoms with Crippen LogP contribution in [0.3, 0.4) is 0 Å². The fourth-order valence-electron chi connectivity index (χ4n) is 1.66. The predicted octanol–water partition coefficient (Wildman–Crippen LogP) is 2.04. The third-order valence-corrected chi connectivity index (χ3v) is 2.49. The lowest BCUT2D eigenvalue weighted by molar-refractivity contribution is 0.349. The Morgan fingerprint density at radius 1 is 1.20 bits per heavy atom. The zero-order chi connectivity index (χ0) is 7.23. The molecule has 1 N–H and O–H groups in total. The van der Waals surface area contributed by atoms with Gasteiger partial charge >= 0.3 is 0 Å². The van der Waals surface area contributed by atoms with Gasteiger partial charge in [0.25, 0.3) is 0 Å². The van der Waals surface area contributed by atoms with E-state index in [-0.39, 0.29) is 0 Å². The van der Waals surface area contributed by atoms with Gasteiger partial charge in [0.2, 0.25) is 0 Å². The van der Waals surface area contributed by atoms with Gasteiger partial charge in [-0.1, -0.05) is 19.3 Å². The first-order valence-electron chi connectivity index (χ1n) is 4.25. The van der Waals surface area contributed by atoms with Gasteiger partial charge in [0, 0.05) is 5.88 Å². The molecule has 0 amide bonds. The van der Waals surface area contributed by atoms with Crippen LogP contribution >= 0.6 is 12.6 Å². The summed E-state index contributed by atoms with van der Waals surface area (Å²) < 4.78 is 0. The maximum absolute atomic E-state index is 4.11. The molecule has 0 aliphatic heterocycles. The molecule has 0 unspecified atom stereocenters. The molecule has 1 aliphatic carbocycles. The number of rotatable bonds is 3. The number of hydrogen-bond acceptors (Lipinski definition) is 2. The summed E-state index contributed by atoms with van der Waals surface area (Å²) in [6, 6.07) is 0. The average molecular weight is 159 g/mol. The van der Waals surface area contributed by atoms with E-state index in [1.165, 1.54) is 38.6 Å². The Balaban J connectivity index is 2.02. The summed E-state index contributed by atoms with van der Waals surface area (Å²) in [6.07, 6.45) is 7.21. The Hall–Kier alpha value is 0.310. The maximum Gasteiger partial charge on any atom is 0.0387 e. The largest absolute Gasteiger partial charge is 0.308 e. The molecule has 1 saturated carbocycles. The van der Waals surface area contributed by atoms with Crippen molar-refractivity contribution in [2.24, 2.45) is 5.92 Å². The Bertz CT molecular complexity index is 79.3.